The molecule has 5 atom stereocenters. The van der Waals surface area contributed by atoms with E-state index in [0.29, 0.717) is 35.4 Å². The lowest BCUT2D eigenvalue weighted by Crippen LogP contribution is -2.45. The zero-order chi connectivity index (χ0) is 23.6. The third kappa shape index (κ3) is 3.35. The van der Waals surface area contributed by atoms with Gasteiger partial charge in [0.1, 0.15) is 17.9 Å². The highest BCUT2D eigenvalue weighted by molar-refractivity contribution is 6.04. The molecule has 0 unspecified atom stereocenters. The number of pyridine rings is 1. The van der Waals surface area contributed by atoms with Crippen LogP contribution >= 0.6 is 0 Å². The van der Waals surface area contributed by atoms with Gasteiger partial charge in [0.15, 0.2) is 17.2 Å². The number of fused-ring (bicyclic) bond motifs is 2. The number of hydrogen-bond acceptors (Lipinski definition) is 5. The molecule has 1 aliphatic heterocycles. The molecule has 2 aliphatic carbocycles. The standard InChI is InChI=1S/C26H25FN4O3/c1-15(32)24-19-8-5-9-28-25(19)30(29-24)14-23(34)31-20-10-16(20)11-21(31)22(33)12-18-13-26(18,27)17-6-3-2-4-7-17/h2-9,16,18,20-21H,10-14H2,1H3/t16-,18+,20-,21+,26+/m1/s1. The highest BCUT2D eigenvalue weighted by Gasteiger charge is 2.60. The van der Waals surface area contributed by atoms with Crippen LogP contribution in [0.25, 0.3) is 11.0 Å². The number of rotatable bonds is 7. The number of carbonyl (C=O) groups is 3. The topological polar surface area (TPSA) is 85.2 Å². The SMILES string of the molecule is CC(=O)c1nn(CC(=O)N2[C@@H]3C[C@@H]3C[C@H]2C(=O)C[C@H]2C[C@]2(F)c2ccccc2)c2ncccc12. The van der Waals surface area contributed by atoms with E-state index in [1.54, 1.807) is 35.4 Å². The van der Waals surface area contributed by atoms with E-state index < -0.39 is 11.7 Å². The number of nitrogens with zero attached hydrogens (tertiary/aromatic N) is 4. The maximum atomic E-state index is 15.3. The van der Waals surface area contributed by atoms with Crippen LogP contribution in [-0.4, -0.2) is 49.2 Å². The van der Waals surface area contributed by atoms with Gasteiger partial charge in [0, 0.05) is 31.5 Å². The normalized spacial score (nSPS) is 29.2. The molecule has 2 aromatic heterocycles. The Bertz CT molecular complexity index is 1320. The fourth-order valence-corrected chi connectivity index (χ4v) is 5.67. The van der Waals surface area contributed by atoms with Crippen LogP contribution in [0.4, 0.5) is 4.39 Å². The van der Waals surface area contributed by atoms with Crippen LogP contribution in [0, 0.1) is 11.8 Å². The molecule has 6 rings (SSSR count). The maximum absolute atomic E-state index is 15.3. The number of alkyl halides is 1. The molecule has 0 radical (unpaired) electrons. The molecule has 0 spiro atoms. The fourth-order valence-electron chi connectivity index (χ4n) is 5.67. The van der Waals surface area contributed by atoms with Crippen molar-refractivity contribution in [1.82, 2.24) is 19.7 Å². The molecule has 1 amide bonds. The number of aromatic nitrogens is 3. The summed E-state index contributed by atoms with van der Waals surface area (Å²) in [5.74, 6) is -0.471. The number of piperidine rings is 1. The minimum absolute atomic E-state index is 0.0612. The van der Waals surface area contributed by atoms with Crippen LogP contribution in [0.3, 0.4) is 0 Å². The van der Waals surface area contributed by atoms with Crippen molar-refractivity contribution in [2.45, 2.75) is 56.9 Å². The van der Waals surface area contributed by atoms with E-state index in [4.69, 9.17) is 0 Å². The van der Waals surface area contributed by atoms with E-state index in [-0.39, 0.29) is 48.1 Å². The van der Waals surface area contributed by atoms with Crippen LogP contribution in [0.1, 0.15) is 48.7 Å². The molecule has 1 saturated heterocycles. The zero-order valence-corrected chi connectivity index (χ0v) is 18.9. The van der Waals surface area contributed by atoms with E-state index in [1.807, 2.05) is 18.2 Å². The van der Waals surface area contributed by atoms with Gasteiger partial charge in [0.25, 0.3) is 0 Å². The predicted octanol–water partition coefficient (Wildman–Crippen LogP) is 3.47. The van der Waals surface area contributed by atoms with E-state index in [1.165, 1.54) is 11.6 Å². The van der Waals surface area contributed by atoms with Crippen molar-refractivity contribution in [3.05, 3.63) is 59.9 Å². The van der Waals surface area contributed by atoms with Crippen molar-refractivity contribution >= 4 is 28.5 Å². The van der Waals surface area contributed by atoms with Crippen LogP contribution < -0.4 is 0 Å². The van der Waals surface area contributed by atoms with E-state index >= 15 is 4.39 Å². The first-order valence-corrected chi connectivity index (χ1v) is 11.8. The highest BCUT2D eigenvalue weighted by Crippen LogP contribution is 2.58. The van der Waals surface area contributed by atoms with Crippen LogP contribution in [0.2, 0.25) is 0 Å². The second kappa shape index (κ2) is 7.55. The second-order valence-corrected chi connectivity index (χ2v) is 9.85. The molecule has 3 heterocycles. The lowest BCUT2D eigenvalue weighted by Gasteiger charge is -2.27. The lowest BCUT2D eigenvalue weighted by molar-refractivity contribution is -0.139. The van der Waals surface area contributed by atoms with Crippen molar-refractivity contribution in [3.63, 3.8) is 0 Å². The fraction of sp³-hybridized carbons (Fsp3) is 0.423. The molecule has 34 heavy (non-hydrogen) atoms. The van der Waals surface area contributed by atoms with Gasteiger partial charge in [-0.1, -0.05) is 30.3 Å². The molecule has 3 fully saturated rings. The molecule has 1 aromatic carbocycles. The van der Waals surface area contributed by atoms with Gasteiger partial charge < -0.3 is 4.90 Å². The molecular weight excluding hydrogens is 435 g/mol. The smallest absolute Gasteiger partial charge is 0.245 e. The number of amides is 1. The summed E-state index contributed by atoms with van der Waals surface area (Å²) in [6.07, 6.45) is 3.62. The minimum Gasteiger partial charge on any atom is -0.328 e. The summed E-state index contributed by atoms with van der Waals surface area (Å²) < 4.78 is 16.8. The van der Waals surface area contributed by atoms with Crippen molar-refractivity contribution in [2.75, 3.05) is 0 Å². The second-order valence-electron chi connectivity index (χ2n) is 9.85. The summed E-state index contributed by atoms with van der Waals surface area (Å²) in [5, 5.41) is 4.95. The lowest BCUT2D eigenvalue weighted by atomic mass is 9.99. The van der Waals surface area contributed by atoms with Gasteiger partial charge in [-0.2, -0.15) is 5.10 Å². The number of likely N-dealkylation sites (tertiary alicyclic amines) is 1. The number of Topliss-reactive ketones (excluding diaryl/α,β-unsaturated/α-hetero) is 2. The summed E-state index contributed by atoms with van der Waals surface area (Å²) >= 11 is 0. The molecule has 174 valence electrons. The number of carbonyl (C=O) groups excluding carboxylic acids is 3. The van der Waals surface area contributed by atoms with Gasteiger partial charge in [-0.05, 0) is 42.9 Å². The van der Waals surface area contributed by atoms with Gasteiger partial charge in [-0.25, -0.2) is 14.1 Å². The van der Waals surface area contributed by atoms with Crippen LogP contribution in [0.15, 0.2) is 48.7 Å². The molecule has 2 saturated carbocycles. The molecule has 3 aromatic rings. The van der Waals surface area contributed by atoms with E-state index in [0.717, 1.165) is 6.42 Å². The third-order valence-corrected chi connectivity index (χ3v) is 7.62. The van der Waals surface area contributed by atoms with Gasteiger partial charge in [-0.15, -0.1) is 0 Å². The van der Waals surface area contributed by atoms with Crippen molar-refractivity contribution in [3.8, 4) is 0 Å². The summed E-state index contributed by atoms with van der Waals surface area (Å²) in [6.45, 7) is 1.34. The summed E-state index contributed by atoms with van der Waals surface area (Å²) in [5.41, 5.74) is -0.0771. The average Bonchev–Trinajstić information content (AvgIpc) is 3.65. The Hall–Kier alpha value is -3.42. The van der Waals surface area contributed by atoms with Gasteiger partial charge in [0.05, 0.1) is 11.4 Å². The Balaban J connectivity index is 1.19. The van der Waals surface area contributed by atoms with Crippen LogP contribution in [-0.2, 0) is 21.8 Å². The molecule has 8 heteroatoms. The average molecular weight is 461 g/mol. The zero-order valence-electron chi connectivity index (χ0n) is 18.9. The van der Waals surface area contributed by atoms with Gasteiger partial charge in [0.2, 0.25) is 5.91 Å². The van der Waals surface area contributed by atoms with E-state index in [2.05, 4.69) is 10.1 Å². The largest absolute Gasteiger partial charge is 0.328 e. The first-order chi connectivity index (χ1) is 16.4. The minimum atomic E-state index is -1.45. The van der Waals surface area contributed by atoms with Crippen molar-refractivity contribution < 1.29 is 18.8 Å². The molecule has 3 aliphatic rings. The Morgan fingerprint density at radius 2 is 1.91 bits per heavy atom. The quantitative estimate of drug-likeness (QED) is 0.504. The molecule has 7 nitrogen and oxygen atoms in total. The van der Waals surface area contributed by atoms with E-state index in [9.17, 15) is 14.4 Å². The summed E-state index contributed by atoms with van der Waals surface area (Å²) in [7, 11) is 0. The van der Waals surface area contributed by atoms with Gasteiger partial charge >= 0.3 is 0 Å². The number of hydrogen-bond donors (Lipinski definition) is 0. The first-order valence-electron chi connectivity index (χ1n) is 11.8. The first kappa shape index (κ1) is 21.1. The Morgan fingerprint density at radius 1 is 1.12 bits per heavy atom. The summed E-state index contributed by atoms with van der Waals surface area (Å²) in [6, 6.07) is 12.0. The van der Waals surface area contributed by atoms with Crippen molar-refractivity contribution in [2.24, 2.45) is 11.8 Å². The highest BCUT2D eigenvalue weighted by atomic mass is 19.1. The van der Waals surface area contributed by atoms with Crippen molar-refractivity contribution in [1.29, 1.82) is 0 Å². The molecular formula is C26H25FN4O3. The number of halogens is 1. The van der Waals surface area contributed by atoms with Gasteiger partial charge in [-0.3, -0.25) is 14.4 Å². The third-order valence-electron chi connectivity index (χ3n) is 7.62. The Labute approximate surface area is 195 Å². The predicted molar refractivity (Wildman–Crippen MR) is 122 cm³/mol. The Kier molecular flexibility index (Phi) is 4.69. The Morgan fingerprint density at radius 3 is 2.68 bits per heavy atom. The maximum Gasteiger partial charge on any atom is 0.245 e. The number of ketones is 2. The monoisotopic (exact) mass is 460 g/mol. The number of benzene rings is 1. The summed E-state index contributed by atoms with van der Waals surface area (Å²) in [4.78, 5) is 44.6. The molecule has 0 N–H and O–H groups in total. The van der Waals surface area contributed by atoms with Crippen LogP contribution in [0.5, 0.6) is 0 Å². The molecule has 0 bridgehead atoms.